The molecule has 0 atom stereocenters. The smallest absolute Gasteiger partial charge is 0.122 e. The quantitative estimate of drug-likeness (QED) is 0.828. The Balaban J connectivity index is 1.81. The first-order chi connectivity index (χ1) is 6.86. The largest absolute Gasteiger partial charge is 0.337 e. The Morgan fingerprint density at radius 3 is 3.07 bits per heavy atom. The van der Waals surface area contributed by atoms with Crippen molar-refractivity contribution in [3.8, 4) is 0 Å². The highest BCUT2D eigenvalue weighted by atomic mass is 32.1. The van der Waals surface area contributed by atoms with Gasteiger partial charge in [-0.15, -0.1) is 0 Å². The SMILES string of the molecule is Cn1ccnc1CNCc1ccsc1. The van der Waals surface area contributed by atoms with E-state index in [0.29, 0.717) is 0 Å². The molecule has 0 aliphatic carbocycles. The van der Waals surface area contributed by atoms with E-state index in [0.717, 1.165) is 18.9 Å². The average molecular weight is 207 g/mol. The van der Waals surface area contributed by atoms with Crippen molar-refractivity contribution in [2.75, 3.05) is 0 Å². The normalized spacial score (nSPS) is 10.6. The summed E-state index contributed by atoms with van der Waals surface area (Å²) in [6.07, 6.45) is 3.78. The number of nitrogens with one attached hydrogen (secondary N) is 1. The second-order valence-electron chi connectivity index (χ2n) is 3.19. The van der Waals surface area contributed by atoms with Crippen LogP contribution in [0.4, 0.5) is 0 Å². The van der Waals surface area contributed by atoms with E-state index >= 15 is 0 Å². The molecule has 0 saturated carbocycles. The third-order valence-corrected chi connectivity index (χ3v) is 2.85. The molecule has 3 nitrogen and oxygen atoms in total. The molecule has 0 saturated heterocycles. The number of rotatable bonds is 4. The van der Waals surface area contributed by atoms with Crippen LogP contribution in [0.2, 0.25) is 0 Å². The molecule has 0 aromatic carbocycles. The number of nitrogens with zero attached hydrogens (tertiary/aromatic N) is 2. The van der Waals surface area contributed by atoms with Crippen molar-refractivity contribution in [3.63, 3.8) is 0 Å². The zero-order valence-electron chi connectivity index (χ0n) is 8.10. The number of thiophene rings is 1. The molecule has 0 aliphatic heterocycles. The van der Waals surface area contributed by atoms with Crippen LogP contribution in [0.1, 0.15) is 11.4 Å². The Morgan fingerprint density at radius 1 is 1.50 bits per heavy atom. The van der Waals surface area contributed by atoms with Crippen molar-refractivity contribution in [1.29, 1.82) is 0 Å². The highest BCUT2D eigenvalue weighted by Crippen LogP contribution is 2.05. The van der Waals surface area contributed by atoms with Crippen LogP contribution in [0.25, 0.3) is 0 Å². The molecular formula is C10H13N3S. The van der Waals surface area contributed by atoms with Gasteiger partial charge in [0.25, 0.3) is 0 Å². The minimum Gasteiger partial charge on any atom is -0.337 e. The van der Waals surface area contributed by atoms with Crippen LogP contribution in [0, 0.1) is 0 Å². The molecule has 0 radical (unpaired) electrons. The number of aromatic nitrogens is 2. The number of hydrogen-bond donors (Lipinski definition) is 1. The molecule has 0 spiro atoms. The van der Waals surface area contributed by atoms with Crippen LogP contribution in [0.15, 0.2) is 29.2 Å². The topological polar surface area (TPSA) is 29.9 Å². The molecule has 0 fully saturated rings. The standard InChI is InChI=1S/C10H13N3S/c1-13-4-3-12-10(13)7-11-6-9-2-5-14-8-9/h2-5,8,11H,6-7H2,1H3. The lowest BCUT2D eigenvalue weighted by Crippen LogP contribution is -2.15. The zero-order valence-corrected chi connectivity index (χ0v) is 8.92. The van der Waals surface area contributed by atoms with Crippen LogP contribution in [0.5, 0.6) is 0 Å². The molecule has 4 heteroatoms. The number of aryl methyl sites for hydroxylation is 1. The van der Waals surface area contributed by atoms with Crippen molar-refractivity contribution < 1.29 is 0 Å². The van der Waals surface area contributed by atoms with E-state index in [9.17, 15) is 0 Å². The lowest BCUT2D eigenvalue weighted by Gasteiger charge is -2.03. The Kier molecular flexibility index (Phi) is 2.96. The van der Waals surface area contributed by atoms with Gasteiger partial charge in [0.1, 0.15) is 5.82 Å². The average Bonchev–Trinajstić information content (AvgIpc) is 2.78. The van der Waals surface area contributed by atoms with Crippen molar-refractivity contribution in [2.24, 2.45) is 7.05 Å². The van der Waals surface area contributed by atoms with E-state index in [2.05, 4.69) is 27.1 Å². The van der Waals surface area contributed by atoms with E-state index in [1.807, 2.05) is 24.0 Å². The minimum atomic E-state index is 0.819. The fraction of sp³-hybridized carbons (Fsp3) is 0.300. The van der Waals surface area contributed by atoms with Gasteiger partial charge in [-0.25, -0.2) is 4.98 Å². The summed E-state index contributed by atoms with van der Waals surface area (Å²) >= 11 is 1.73. The van der Waals surface area contributed by atoms with E-state index in [1.54, 1.807) is 11.3 Å². The molecule has 0 unspecified atom stereocenters. The Morgan fingerprint density at radius 2 is 2.43 bits per heavy atom. The van der Waals surface area contributed by atoms with Gasteiger partial charge in [0.2, 0.25) is 0 Å². The first kappa shape index (κ1) is 9.43. The highest BCUT2D eigenvalue weighted by Gasteiger charge is 1.98. The molecule has 0 aliphatic rings. The molecule has 2 aromatic rings. The molecule has 2 aromatic heterocycles. The third-order valence-electron chi connectivity index (χ3n) is 2.11. The highest BCUT2D eigenvalue weighted by molar-refractivity contribution is 7.07. The summed E-state index contributed by atoms with van der Waals surface area (Å²) in [6, 6.07) is 2.14. The van der Waals surface area contributed by atoms with Gasteiger partial charge in [0.05, 0.1) is 6.54 Å². The van der Waals surface area contributed by atoms with Gasteiger partial charge >= 0.3 is 0 Å². The van der Waals surface area contributed by atoms with E-state index < -0.39 is 0 Å². The van der Waals surface area contributed by atoms with Crippen LogP contribution >= 0.6 is 11.3 Å². The van der Waals surface area contributed by atoms with Gasteiger partial charge < -0.3 is 9.88 Å². The van der Waals surface area contributed by atoms with Crippen molar-refractivity contribution in [1.82, 2.24) is 14.9 Å². The fourth-order valence-electron chi connectivity index (χ4n) is 1.28. The molecule has 2 rings (SSSR count). The molecule has 0 amide bonds. The number of imidazole rings is 1. The summed E-state index contributed by atoms with van der Waals surface area (Å²) in [5, 5.41) is 7.61. The van der Waals surface area contributed by atoms with Gasteiger partial charge in [-0.2, -0.15) is 11.3 Å². The van der Waals surface area contributed by atoms with Crippen LogP contribution < -0.4 is 5.32 Å². The molecule has 74 valence electrons. The maximum absolute atomic E-state index is 4.24. The van der Waals surface area contributed by atoms with E-state index in [1.165, 1.54) is 5.56 Å². The summed E-state index contributed by atoms with van der Waals surface area (Å²) in [6.45, 7) is 1.73. The van der Waals surface area contributed by atoms with Crippen molar-refractivity contribution in [3.05, 3.63) is 40.6 Å². The van der Waals surface area contributed by atoms with Crippen LogP contribution in [-0.2, 0) is 20.1 Å². The summed E-state index contributed by atoms with van der Waals surface area (Å²) in [4.78, 5) is 4.24. The van der Waals surface area contributed by atoms with E-state index in [4.69, 9.17) is 0 Å². The Labute approximate surface area is 87.4 Å². The summed E-state index contributed by atoms with van der Waals surface area (Å²) < 4.78 is 2.03. The fourth-order valence-corrected chi connectivity index (χ4v) is 1.95. The number of hydrogen-bond acceptors (Lipinski definition) is 3. The summed E-state index contributed by atoms with van der Waals surface area (Å²) in [7, 11) is 2.01. The molecule has 14 heavy (non-hydrogen) atoms. The van der Waals surface area contributed by atoms with Gasteiger partial charge in [-0.1, -0.05) is 0 Å². The maximum Gasteiger partial charge on any atom is 0.122 e. The van der Waals surface area contributed by atoms with Gasteiger partial charge in [0, 0.05) is 26.0 Å². The summed E-state index contributed by atoms with van der Waals surface area (Å²) in [5.41, 5.74) is 1.34. The van der Waals surface area contributed by atoms with Gasteiger partial charge in [-0.05, 0) is 22.4 Å². The van der Waals surface area contributed by atoms with E-state index in [-0.39, 0.29) is 0 Å². The van der Waals surface area contributed by atoms with Crippen molar-refractivity contribution in [2.45, 2.75) is 13.1 Å². The van der Waals surface area contributed by atoms with Gasteiger partial charge in [0.15, 0.2) is 0 Å². The Hall–Kier alpha value is -1.13. The second-order valence-corrected chi connectivity index (χ2v) is 3.97. The predicted molar refractivity (Wildman–Crippen MR) is 58.1 cm³/mol. The maximum atomic E-state index is 4.24. The molecular weight excluding hydrogens is 194 g/mol. The van der Waals surface area contributed by atoms with Crippen LogP contribution in [-0.4, -0.2) is 9.55 Å². The van der Waals surface area contributed by atoms with Crippen molar-refractivity contribution >= 4 is 11.3 Å². The second kappa shape index (κ2) is 4.39. The molecule has 2 heterocycles. The first-order valence-corrected chi connectivity index (χ1v) is 5.48. The first-order valence-electron chi connectivity index (χ1n) is 4.54. The van der Waals surface area contributed by atoms with Gasteiger partial charge in [-0.3, -0.25) is 0 Å². The summed E-state index contributed by atoms with van der Waals surface area (Å²) in [5.74, 6) is 1.07. The molecule has 1 N–H and O–H groups in total. The predicted octanol–water partition coefficient (Wildman–Crippen LogP) is 1.77. The zero-order chi connectivity index (χ0) is 9.80. The minimum absolute atomic E-state index is 0.819. The monoisotopic (exact) mass is 207 g/mol. The lowest BCUT2D eigenvalue weighted by molar-refractivity contribution is 0.640. The lowest BCUT2D eigenvalue weighted by atomic mass is 10.3. The third kappa shape index (κ3) is 2.21. The van der Waals surface area contributed by atoms with Crippen LogP contribution in [0.3, 0.4) is 0 Å². The Bertz CT molecular complexity index is 378. The molecule has 0 bridgehead atoms.